The first kappa shape index (κ1) is 14.3. The maximum Gasteiger partial charge on any atom is 0.296 e. The molecule has 4 heteroatoms. The van der Waals surface area contributed by atoms with Crippen LogP contribution in [0.25, 0.3) is 5.57 Å². The highest BCUT2D eigenvalue weighted by Crippen LogP contribution is 2.29. The first-order valence-corrected chi connectivity index (χ1v) is 6.84. The van der Waals surface area contributed by atoms with Crippen molar-refractivity contribution in [1.82, 2.24) is 4.90 Å². The van der Waals surface area contributed by atoms with Gasteiger partial charge in [-0.25, -0.2) is 0 Å². The van der Waals surface area contributed by atoms with Crippen LogP contribution in [0.3, 0.4) is 0 Å². The van der Waals surface area contributed by atoms with E-state index in [4.69, 9.17) is 0 Å². The standard InChI is InChI=1S/C16H19NO3/c1-4-5-8-17-15(19)13(14(18)16(17)20)12-7-6-10(2)11(3)9-12/h6-7,9,18H,4-5,8H2,1-3H3. The van der Waals surface area contributed by atoms with Gasteiger partial charge in [-0.15, -0.1) is 0 Å². The van der Waals surface area contributed by atoms with Crippen LogP contribution in [0.4, 0.5) is 0 Å². The van der Waals surface area contributed by atoms with Gasteiger partial charge in [0, 0.05) is 6.54 Å². The molecule has 106 valence electrons. The number of benzene rings is 1. The number of hydrogen-bond donors (Lipinski definition) is 1. The number of hydrogen-bond acceptors (Lipinski definition) is 3. The van der Waals surface area contributed by atoms with Crippen molar-refractivity contribution in [2.75, 3.05) is 6.54 Å². The molecule has 2 rings (SSSR count). The number of aryl methyl sites for hydroxylation is 2. The van der Waals surface area contributed by atoms with Crippen LogP contribution in [-0.4, -0.2) is 28.4 Å². The molecular weight excluding hydrogens is 254 g/mol. The number of rotatable bonds is 4. The van der Waals surface area contributed by atoms with E-state index in [1.165, 1.54) is 0 Å². The molecule has 0 fully saturated rings. The van der Waals surface area contributed by atoms with Crippen LogP contribution in [0.2, 0.25) is 0 Å². The number of nitrogens with zero attached hydrogens (tertiary/aromatic N) is 1. The van der Waals surface area contributed by atoms with Crippen molar-refractivity contribution >= 4 is 17.4 Å². The molecule has 0 spiro atoms. The van der Waals surface area contributed by atoms with E-state index in [0.717, 1.165) is 28.9 Å². The molecule has 1 aliphatic heterocycles. The van der Waals surface area contributed by atoms with Crippen molar-refractivity contribution in [3.05, 3.63) is 40.6 Å². The molecule has 0 bridgehead atoms. The van der Waals surface area contributed by atoms with Crippen molar-refractivity contribution in [3.8, 4) is 0 Å². The van der Waals surface area contributed by atoms with Gasteiger partial charge in [0.2, 0.25) is 0 Å². The molecule has 4 nitrogen and oxygen atoms in total. The Labute approximate surface area is 118 Å². The van der Waals surface area contributed by atoms with E-state index in [9.17, 15) is 14.7 Å². The predicted molar refractivity (Wildman–Crippen MR) is 77.1 cm³/mol. The average molecular weight is 273 g/mol. The van der Waals surface area contributed by atoms with Crippen molar-refractivity contribution in [3.63, 3.8) is 0 Å². The van der Waals surface area contributed by atoms with Crippen molar-refractivity contribution in [2.45, 2.75) is 33.6 Å². The maximum atomic E-state index is 12.3. The monoisotopic (exact) mass is 273 g/mol. The number of imide groups is 1. The van der Waals surface area contributed by atoms with Crippen molar-refractivity contribution in [2.24, 2.45) is 0 Å². The van der Waals surface area contributed by atoms with E-state index < -0.39 is 17.6 Å². The molecule has 0 aromatic heterocycles. The smallest absolute Gasteiger partial charge is 0.296 e. The summed E-state index contributed by atoms with van der Waals surface area (Å²) >= 11 is 0. The van der Waals surface area contributed by atoms with Gasteiger partial charge in [0.25, 0.3) is 11.8 Å². The maximum absolute atomic E-state index is 12.3. The van der Waals surface area contributed by atoms with Gasteiger partial charge in [-0.3, -0.25) is 14.5 Å². The van der Waals surface area contributed by atoms with Crippen molar-refractivity contribution in [1.29, 1.82) is 0 Å². The summed E-state index contributed by atoms with van der Waals surface area (Å²) in [7, 11) is 0. The van der Waals surface area contributed by atoms with Crippen LogP contribution >= 0.6 is 0 Å². The van der Waals surface area contributed by atoms with Crippen LogP contribution in [0, 0.1) is 13.8 Å². The summed E-state index contributed by atoms with van der Waals surface area (Å²) in [6.07, 6.45) is 1.63. The second-order valence-corrected chi connectivity index (χ2v) is 5.14. The molecule has 1 aromatic rings. The van der Waals surface area contributed by atoms with Crippen LogP contribution in [0.1, 0.15) is 36.5 Å². The average Bonchev–Trinajstić information content (AvgIpc) is 2.62. The molecular formula is C16H19NO3. The van der Waals surface area contributed by atoms with Gasteiger partial charge < -0.3 is 5.11 Å². The van der Waals surface area contributed by atoms with Crippen LogP contribution in [-0.2, 0) is 9.59 Å². The summed E-state index contributed by atoms with van der Waals surface area (Å²) in [4.78, 5) is 25.4. The third-order valence-corrected chi connectivity index (χ3v) is 3.67. The zero-order chi connectivity index (χ0) is 14.9. The minimum atomic E-state index is -0.586. The Morgan fingerprint density at radius 1 is 1.10 bits per heavy atom. The van der Waals surface area contributed by atoms with Crippen LogP contribution in [0.15, 0.2) is 24.0 Å². The number of aliphatic hydroxyl groups excluding tert-OH is 1. The first-order valence-electron chi connectivity index (χ1n) is 6.84. The van der Waals surface area contributed by atoms with Gasteiger partial charge in [0.05, 0.1) is 5.57 Å². The fourth-order valence-corrected chi connectivity index (χ4v) is 2.24. The van der Waals surface area contributed by atoms with Gasteiger partial charge in [-0.05, 0) is 37.0 Å². The largest absolute Gasteiger partial charge is 0.502 e. The molecule has 1 aliphatic rings. The Balaban J connectivity index is 2.38. The first-order chi connectivity index (χ1) is 9.47. The molecule has 1 heterocycles. The second-order valence-electron chi connectivity index (χ2n) is 5.14. The van der Waals surface area contributed by atoms with Gasteiger partial charge in [-0.2, -0.15) is 0 Å². The van der Waals surface area contributed by atoms with E-state index in [1.54, 1.807) is 6.07 Å². The van der Waals surface area contributed by atoms with Gasteiger partial charge >= 0.3 is 0 Å². The van der Waals surface area contributed by atoms with E-state index in [1.807, 2.05) is 32.9 Å². The number of unbranched alkanes of at least 4 members (excludes halogenated alkanes) is 1. The van der Waals surface area contributed by atoms with Gasteiger partial charge in [0.15, 0.2) is 5.76 Å². The Kier molecular flexibility index (Phi) is 3.93. The lowest BCUT2D eigenvalue weighted by Crippen LogP contribution is -2.32. The summed E-state index contributed by atoms with van der Waals surface area (Å²) in [5.74, 6) is -1.42. The third kappa shape index (κ3) is 2.33. The Morgan fingerprint density at radius 3 is 2.40 bits per heavy atom. The molecule has 2 amide bonds. The minimum absolute atomic E-state index is 0.120. The number of carbonyl (C=O) groups excluding carboxylic acids is 2. The number of carbonyl (C=O) groups is 2. The molecule has 0 saturated carbocycles. The van der Waals surface area contributed by atoms with Crippen LogP contribution < -0.4 is 0 Å². The Bertz CT molecular complexity index is 602. The zero-order valence-electron chi connectivity index (χ0n) is 12.1. The predicted octanol–water partition coefficient (Wildman–Crippen LogP) is 2.74. The zero-order valence-corrected chi connectivity index (χ0v) is 12.1. The highest BCUT2D eigenvalue weighted by atomic mass is 16.3. The second kappa shape index (κ2) is 5.49. The normalized spacial score (nSPS) is 15.4. The number of aliphatic hydroxyl groups is 1. The Morgan fingerprint density at radius 2 is 1.80 bits per heavy atom. The van der Waals surface area contributed by atoms with E-state index >= 15 is 0 Å². The van der Waals surface area contributed by atoms with Crippen molar-refractivity contribution < 1.29 is 14.7 Å². The summed E-state index contributed by atoms with van der Waals surface area (Å²) in [6, 6.07) is 5.48. The summed E-state index contributed by atoms with van der Waals surface area (Å²) in [5, 5.41) is 9.98. The third-order valence-electron chi connectivity index (χ3n) is 3.67. The fourth-order valence-electron chi connectivity index (χ4n) is 2.24. The molecule has 0 radical (unpaired) electrons. The molecule has 0 saturated heterocycles. The molecule has 0 unspecified atom stereocenters. The van der Waals surface area contributed by atoms with Gasteiger partial charge in [-0.1, -0.05) is 31.5 Å². The highest BCUT2D eigenvalue weighted by molar-refractivity contribution is 6.34. The molecule has 1 aromatic carbocycles. The molecule has 1 N–H and O–H groups in total. The SMILES string of the molecule is CCCCN1C(=O)C(O)=C(c2ccc(C)c(C)c2)C1=O. The van der Waals surface area contributed by atoms with E-state index in [-0.39, 0.29) is 5.57 Å². The summed E-state index contributed by atoms with van der Waals surface area (Å²) < 4.78 is 0. The van der Waals surface area contributed by atoms with Crippen LogP contribution in [0.5, 0.6) is 0 Å². The molecule has 0 aliphatic carbocycles. The quantitative estimate of drug-likeness (QED) is 0.858. The number of amides is 2. The molecule has 0 atom stereocenters. The Hall–Kier alpha value is -2.10. The lowest BCUT2D eigenvalue weighted by molar-refractivity contribution is -0.138. The lowest BCUT2D eigenvalue weighted by Gasteiger charge is -2.13. The lowest BCUT2D eigenvalue weighted by atomic mass is 10.00. The summed E-state index contributed by atoms with van der Waals surface area (Å²) in [5.41, 5.74) is 2.85. The summed E-state index contributed by atoms with van der Waals surface area (Å²) in [6.45, 7) is 6.25. The van der Waals surface area contributed by atoms with E-state index in [0.29, 0.717) is 12.1 Å². The van der Waals surface area contributed by atoms with Gasteiger partial charge in [0.1, 0.15) is 0 Å². The fraction of sp³-hybridized carbons (Fsp3) is 0.375. The minimum Gasteiger partial charge on any atom is -0.502 e. The topological polar surface area (TPSA) is 57.6 Å². The highest BCUT2D eigenvalue weighted by Gasteiger charge is 2.38. The van der Waals surface area contributed by atoms with E-state index in [2.05, 4.69) is 0 Å². The molecule has 20 heavy (non-hydrogen) atoms.